The zero-order valence-corrected chi connectivity index (χ0v) is 14.0. The predicted molar refractivity (Wildman–Crippen MR) is 90.3 cm³/mol. The summed E-state index contributed by atoms with van der Waals surface area (Å²) in [6.45, 7) is 2.63. The van der Waals surface area contributed by atoms with Crippen molar-refractivity contribution in [3.05, 3.63) is 57.5 Å². The predicted octanol–water partition coefficient (Wildman–Crippen LogP) is 4.26. The van der Waals surface area contributed by atoms with Crippen LogP contribution in [0.15, 0.2) is 46.9 Å². The van der Waals surface area contributed by atoms with E-state index in [9.17, 15) is 5.11 Å². The Hall–Kier alpha value is -1.23. The van der Waals surface area contributed by atoms with Crippen molar-refractivity contribution in [2.45, 2.75) is 13.0 Å². The van der Waals surface area contributed by atoms with Gasteiger partial charge in [0.15, 0.2) is 0 Å². The van der Waals surface area contributed by atoms with Crippen molar-refractivity contribution in [1.29, 1.82) is 0 Å². The van der Waals surface area contributed by atoms with Crippen LogP contribution in [0.5, 0.6) is 5.75 Å². The van der Waals surface area contributed by atoms with Gasteiger partial charge in [-0.2, -0.15) is 0 Å². The second-order valence-electron chi connectivity index (χ2n) is 4.78. The zero-order chi connectivity index (χ0) is 15.2. The Labute approximate surface area is 138 Å². The van der Waals surface area contributed by atoms with E-state index in [0.717, 1.165) is 15.9 Å². The van der Waals surface area contributed by atoms with Gasteiger partial charge in [0.05, 0.1) is 0 Å². The third-order valence-electron chi connectivity index (χ3n) is 2.92. The van der Waals surface area contributed by atoms with Crippen LogP contribution >= 0.6 is 27.5 Å². The van der Waals surface area contributed by atoms with Crippen molar-refractivity contribution in [2.24, 2.45) is 0 Å². The average molecular weight is 371 g/mol. The van der Waals surface area contributed by atoms with Gasteiger partial charge in [-0.15, -0.1) is 0 Å². The molecule has 0 aliphatic heterocycles. The highest BCUT2D eigenvalue weighted by Crippen LogP contribution is 2.25. The van der Waals surface area contributed by atoms with Crippen LogP contribution in [0.3, 0.4) is 0 Å². The highest BCUT2D eigenvalue weighted by molar-refractivity contribution is 9.10. The summed E-state index contributed by atoms with van der Waals surface area (Å²) in [6.07, 6.45) is -0.614. The maximum Gasteiger partial charge on any atom is 0.119 e. The number of anilines is 1. The van der Waals surface area contributed by atoms with Gasteiger partial charge in [-0.1, -0.05) is 29.3 Å². The minimum Gasteiger partial charge on any atom is -0.491 e. The summed E-state index contributed by atoms with van der Waals surface area (Å²) in [4.78, 5) is 0. The second-order valence-corrected chi connectivity index (χ2v) is 6.07. The molecule has 0 aromatic heterocycles. The molecule has 3 nitrogen and oxygen atoms in total. The van der Waals surface area contributed by atoms with Gasteiger partial charge in [0.1, 0.15) is 18.5 Å². The number of rotatable bonds is 6. The number of aryl methyl sites for hydroxylation is 1. The number of ether oxygens (including phenoxy) is 1. The molecule has 0 aliphatic rings. The van der Waals surface area contributed by atoms with Crippen LogP contribution in [-0.2, 0) is 0 Å². The molecule has 0 saturated carbocycles. The number of aliphatic hydroxyl groups is 1. The highest BCUT2D eigenvalue weighted by Gasteiger charge is 2.07. The SMILES string of the molecule is Cc1ccc(OCC(O)CNc2cc(Cl)ccc2Br)cc1. The summed E-state index contributed by atoms with van der Waals surface area (Å²) in [5.74, 6) is 0.753. The lowest BCUT2D eigenvalue weighted by molar-refractivity contribution is 0.117. The maximum absolute atomic E-state index is 9.95. The van der Waals surface area contributed by atoms with Crippen molar-refractivity contribution in [3.8, 4) is 5.75 Å². The van der Waals surface area contributed by atoms with E-state index < -0.39 is 6.10 Å². The number of hydrogen-bond acceptors (Lipinski definition) is 3. The number of nitrogens with one attached hydrogen (secondary N) is 1. The lowest BCUT2D eigenvalue weighted by Gasteiger charge is -2.15. The smallest absolute Gasteiger partial charge is 0.119 e. The number of aliphatic hydroxyl groups excluding tert-OH is 1. The van der Waals surface area contributed by atoms with E-state index in [1.807, 2.05) is 37.3 Å². The molecule has 0 spiro atoms. The highest BCUT2D eigenvalue weighted by atomic mass is 79.9. The Bertz CT molecular complexity index is 589. The van der Waals surface area contributed by atoms with Crippen LogP contribution in [0.25, 0.3) is 0 Å². The molecule has 2 aromatic carbocycles. The lowest BCUT2D eigenvalue weighted by atomic mass is 10.2. The fourth-order valence-electron chi connectivity index (χ4n) is 1.75. The molecule has 0 aliphatic carbocycles. The van der Waals surface area contributed by atoms with E-state index in [0.29, 0.717) is 11.6 Å². The van der Waals surface area contributed by atoms with Crippen LogP contribution < -0.4 is 10.1 Å². The fraction of sp³-hybridized carbons (Fsp3) is 0.250. The van der Waals surface area contributed by atoms with Crippen molar-refractivity contribution < 1.29 is 9.84 Å². The van der Waals surface area contributed by atoms with E-state index in [1.54, 1.807) is 12.1 Å². The fourth-order valence-corrected chi connectivity index (χ4v) is 2.31. The Morgan fingerprint density at radius 1 is 1.24 bits per heavy atom. The summed E-state index contributed by atoms with van der Waals surface area (Å²) in [7, 11) is 0. The van der Waals surface area contributed by atoms with Crippen LogP contribution in [0, 0.1) is 6.92 Å². The van der Waals surface area contributed by atoms with Crippen LogP contribution in [0.2, 0.25) is 5.02 Å². The third kappa shape index (κ3) is 5.23. The minimum atomic E-state index is -0.614. The molecule has 1 atom stereocenters. The summed E-state index contributed by atoms with van der Waals surface area (Å²) in [6, 6.07) is 13.2. The molecule has 0 saturated heterocycles. The number of benzene rings is 2. The quantitative estimate of drug-likeness (QED) is 0.798. The van der Waals surface area contributed by atoms with Crippen molar-refractivity contribution in [2.75, 3.05) is 18.5 Å². The van der Waals surface area contributed by atoms with Gasteiger partial charge in [-0.3, -0.25) is 0 Å². The summed E-state index contributed by atoms with van der Waals surface area (Å²) in [5.41, 5.74) is 2.02. The Balaban J connectivity index is 1.80. The number of hydrogen-bond donors (Lipinski definition) is 2. The van der Waals surface area contributed by atoms with Crippen molar-refractivity contribution in [3.63, 3.8) is 0 Å². The minimum absolute atomic E-state index is 0.230. The lowest BCUT2D eigenvalue weighted by Crippen LogP contribution is -2.26. The first-order valence-corrected chi connectivity index (χ1v) is 7.78. The molecule has 2 aromatic rings. The molecule has 5 heteroatoms. The largest absolute Gasteiger partial charge is 0.491 e. The normalized spacial score (nSPS) is 12.0. The molecule has 0 heterocycles. The van der Waals surface area contributed by atoms with E-state index in [4.69, 9.17) is 16.3 Å². The average Bonchev–Trinajstić information content (AvgIpc) is 2.47. The monoisotopic (exact) mass is 369 g/mol. The summed E-state index contributed by atoms with van der Waals surface area (Å²) < 4.78 is 6.44. The van der Waals surface area contributed by atoms with E-state index >= 15 is 0 Å². The van der Waals surface area contributed by atoms with E-state index in [-0.39, 0.29) is 6.61 Å². The van der Waals surface area contributed by atoms with Gasteiger partial charge in [0.2, 0.25) is 0 Å². The van der Waals surface area contributed by atoms with Gasteiger partial charge in [-0.05, 0) is 53.2 Å². The van der Waals surface area contributed by atoms with Gasteiger partial charge in [0, 0.05) is 21.7 Å². The molecule has 0 bridgehead atoms. The van der Waals surface area contributed by atoms with Crippen LogP contribution in [-0.4, -0.2) is 24.4 Å². The molecule has 2 N–H and O–H groups in total. The Morgan fingerprint density at radius 3 is 2.67 bits per heavy atom. The molecular weight excluding hydrogens is 354 g/mol. The Morgan fingerprint density at radius 2 is 1.95 bits per heavy atom. The zero-order valence-electron chi connectivity index (χ0n) is 11.6. The molecule has 0 radical (unpaired) electrons. The first-order valence-electron chi connectivity index (χ1n) is 6.61. The van der Waals surface area contributed by atoms with Gasteiger partial charge in [-0.25, -0.2) is 0 Å². The molecule has 0 fully saturated rings. The molecule has 1 unspecified atom stereocenters. The Kier molecular flexibility index (Phi) is 5.91. The second kappa shape index (κ2) is 7.69. The van der Waals surface area contributed by atoms with E-state index in [2.05, 4.69) is 21.2 Å². The van der Waals surface area contributed by atoms with Gasteiger partial charge in [0.25, 0.3) is 0 Å². The molecule has 0 amide bonds. The first kappa shape index (κ1) is 16.1. The molecule has 21 heavy (non-hydrogen) atoms. The van der Waals surface area contributed by atoms with Crippen LogP contribution in [0.1, 0.15) is 5.56 Å². The maximum atomic E-state index is 9.95. The van der Waals surface area contributed by atoms with E-state index in [1.165, 1.54) is 5.56 Å². The molecular formula is C16H17BrClNO2. The first-order chi connectivity index (χ1) is 10.0. The van der Waals surface area contributed by atoms with Crippen molar-refractivity contribution in [1.82, 2.24) is 0 Å². The standard InChI is InChI=1S/C16H17BrClNO2/c1-11-2-5-14(6-3-11)21-10-13(20)9-19-16-8-12(18)4-7-15(16)17/h2-8,13,19-20H,9-10H2,1H3. The summed E-state index contributed by atoms with van der Waals surface area (Å²) >= 11 is 9.37. The summed E-state index contributed by atoms with van der Waals surface area (Å²) in [5, 5.41) is 13.7. The molecule has 112 valence electrons. The van der Waals surface area contributed by atoms with Gasteiger partial charge < -0.3 is 15.2 Å². The third-order valence-corrected chi connectivity index (χ3v) is 3.85. The van der Waals surface area contributed by atoms with Crippen LogP contribution in [0.4, 0.5) is 5.69 Å². The van der Waals surface area contributed by atoms with Gasteiger partial charge >= 0.3 is 0 Å². The topological polar surface area (TPSA) is 41.5 Å². The van der Waals surface area contributed by atoms with Crippen molar-refractivity contribution >= 4 is 33.2 Å². The number of halogens is 2. The molecule has 2 rings (SSSR count).